The minimum atomic E-state index is -0.369. The minimum Gasteiger partial charge on any atom is -0.459 e. The molecule has 1 saturated carbocycles. The standard InChI is InChI=1S/C14H16Cl2O2/c1-13-4-6-14(7-5-13,12(17)18-13)9-2-3-10(15)11(16)8-9/h2-3,9H,4-8H2,1H3. The van der Waals surface area contributed by atoms with Gasteiger partial charge in [0, 0.05) is 5.03 Å². The van der Waals surface area contributed by atoms with E-state index < -0.39 is 0 Å². The summed E-state index contributed by atoms with van der Waals surface area (Å²) in [6.07, 6.45) is 8.23. The van der Waals surface area contributed by atoms with E-state index in [0.29, 0.717) is 16.5 Å². The molecule has 2 aliphatic carbocycles. The van der Waals surface area contributed by atoms with Crippen LogP contribution in [0.4, 0.5) is 0 Å². The minimum absolute atomic E-state index is 0.0420. The molecule has 1 unspecified atom stereocenters. The number of carbonyl (C=O) groups excluding carboxylic acids is 1. The fourth-order valence-corrected chi connectivity index (χ4v) is 3.79. The Morgan fingerprint density at radius 3 is 2.50 bits per heavy atom. The Morgan fingerprint density at radius 1 is 1.28 bits per heavy atom. The zero-order valence-electron chi connectivity index (χ0n) is 10.3. The molecule has 0 N–H and O–H groups in total. The van der Waals surface area contributed by atoms with Crippen LogP contribution in [0.2, 0.25) is 0 Å². The number of halogens is 2. The van der Waals surface area contributed by atoms with E-state index in [4.69, 9.17) is 27.9 Å². The number of allylic oxidation sites excluding steroid dienone is 4. The topological polar surface area (TPSA) is 26.3 Å². The third-order valence-corrected chi connectivity index (χ3v) is 5.60. The predicted octanol–water partition coefficient (Wildman–Crippen LogP) is 4.13. The average molecular weight is 287 g/mol. The first-order valence-electron chi connectivity index (χ1n) is 6.41. The van der Waals surface area contributed by atoms with Crippen molar-refractivity contribution in [3.05, 3.63) is 22.2 Å². The summed E-state index contributed by atoms with van der Waals surface area (Å²) in [6, 6.07) is 0. The first-order chi connectivity index (χ1) is 8.45. The van der Waals surface area contributed by atoms with Gasteiger partial charge in [-0.05, 0) is 51.0 Å². The van der Waals surface area contributed by atoms with Crippen LogP contribution in [0, 0.1) is 11.3 Å². The SMILES string of the molecule is CC12CCC(C3C=CC(Cl)=C(Cl)C3)(CC1)C(=O)O2. The number of fused-ring (bicyclic) bond motifs is 3. The zero-order chi connectivity index (χ0) is 13.0. The molecule has 18 heavy (non-hydrogen) atoms. The van der Waals surface area contributed by atoms with Crippen molar-refractivity contribution in [1.82, 2.24) is 0 Å². The Bertz CT molecular complexity index is 456. The maximum atomic E-state index is 12.3. The molecule has 0 aromatic heterocycles. The summed E-state index contributed by atoms with van der Waals surface area (Å²) in [6.45, 7) is 2.04. The molecule has 4 aliphatic rings. The van der Waals surface area contributed by atoms with Gasteiger partial charge in [0.2, 0.25) is 0 Å². The molecule has 3 fully saturated rings. The van der Waals surface area contributed by atoms with Gasteiger partial charge >= 0.3 is 5.97 Å². The number of hydrogen-bond acceptors (Lipinski definition) is 2. The predicted molar refractivity (Wildman–Crippen MR) is 71.4 cm³/mol. The smallest absolute Gasteiger partial charge is 0.313 e. The van der Waals surface area contributed by atoms with E-state index in [9.17, 15) is 4.79 Å². The number of ether oxygens (including phenoxy) is 1. The highest BCUT2D eigenvalue weighted by atomic mass is 35.5. The number of esters is 1. The van der Waals surface area contributed by atoms with Crippen molar-refractivity contribution >= 4 is 29.2 Å². The van der Waals surface area contributed by atoms with Crippen LogP contribution in [0.15, 0.2) is 22.2 Å². The van der Waals surface area contributed by atoms with Gasteiger partial charge in [-0.25, -0.2) is 0 Å². The molecule has 0 amide bonds. The summed E-state index contributed by atoms with van der Waals surface area (Å²) in [5.41, 5.74) is -0.597. The van der Waals surface area contributed by atoms with Gasteiger partial charge in [0.15, 0.2) is 0 Å². The van der Waals surface area contributed by atoms with Crippen molar-refractivity contribution in [3.8, 4) is 0 Å². The lowest BCUT2D eigenvalue weighted by molar-refractivity contribution is -0.205. The van der Waals surface area contributed by atoms with Crippen LogP contribution in [0.25, 0.3) is 0 Å². The molecule has 0 aromatic carbocycles. The highest BCUT2D eigenvalue weighted by Gasteiger charge is 2.57. The van der Waals surface area contributed by atoms with Crippen LogP contribution in [-0.2, 0) is 9.53 Å². The summed E-state index contributed by atoms with van der Waals surface area (Å²) in [5, 5.41) is 1.25. The normalized spacial score (nSPS) is 43.3. The molecule has 2 aliphatic heterocycles. The van der Waals surface area contributed by atoms with E-state index in [1.165, 1.54) is 0 Å². The Balaban J connectivity index is 1.89. The van der Waals surface area contributed by atoms with E-state index in [1.54, 1.807) is 0 Å². The molecule has 0 radical (unpaired) electrons. The average Bonchev–Trinajstić information content (AvgIpc) is 2.33. The van der Waals surface area contributed by atoms with Gasteiger partial charge < -0.3 is 4.74 Å². The molecular weight excluding hydrogens is 271 g/mol. The molecule has 4 heteroatoms. The van der Waals surface area contributed by atoms with Gasteiger partial charge in [-0.3, -0.25) is 4.79 Å². The van der Waals surface area contributed by atoms with Crippen LogP contribution in [-0.4, -0.2) is 11.6 Å². The van der Waals surface area contributed by atoms with Crippen LogP contribution in [0.5, 0.6) is 0 Å². The monoisotopic (exact) mass is 286 g/mol. The maximum absolute atomic E-state index is 12.3. The fourth-order valence-electron chi connectivity index (χ4n) is 3.41. The first-order valence-corrected chi connectivity index (χ1v) is 7.17. The molecule has 0 spiro atoms. The van der Waals surface area contributed by atoms with Crippen molar-refractivity contribution in [2.24, 2.45) is 11.3 Å². The first kappa shape index (κ1) is 12.6. The molecule has 0 aromatic rings. The molecule has 98 valence electrons. The maximum Gasteiger partial charge on any atom is 0.313 e. The fraction of sp³-hybridized carbons (Fsp3) is 0.643. The summed E-state index contributed by atoms with van der Waals surface area (Å²) in [4.78, 5) is 12.3. The van der Waals surface area contributed by atoms with E-state index in [1.807, 2.05) is 19.1 Å². The van der Waals surface area contributed by atoms with Crippen molar-refractivity contribution in [2.75, 3.05) is 0 Å². The Hall–Kier alpha value is -0.470. The molecule has 2 saturated heterocycles. The molecule has 2 bridgehead atoms. The van der Waals surface area contributed by atoms with E-state index in [2.05, 4.69) is 0 Å². The van der Waals surface area contributed by atoms with Gasteiger partial charge in [0.05, 0.1) is 10.4 Å². The lowest BCUT2D eigenvalue weighted by Crippen LogP contribution is -2.55. The lowest BCUT2D eigenvalue weighted by Gasteiger charge is -2.52. The number of hydrogen-bond donors (Lipinski definition) is 0. The third-order valence-electron chi connectivity index (χ3n) is 4.79. The number of carbonyl (C=O) groups is 1. The van der Waals surface area contributed by atoms with Gasteiger partial charge in [0.25, 0.3) is 0 Å². The molecule has 2 heterocycles. The molecule has 1 atom stereocenters. The zero-order valence-corrected chi connectivity index (χ0v) is 11.9. The second kappa shape index (κ2) is 4.01. The van der Waals surface area contributed by atoms with Gasteiger partial charge in [-0.15, -0.1) is 0 Å². The highest BCUT2D eigenvalue weighted by molar-refractivity contribution is 6.40. The summed E-state index contributed by atoms with van der Waals surface area (Å²) in [7, 11) is 0. The molecule has 4 rings (SSSR count). The van der Waals surface area contributed by atoms with Crippen LogP contribution < -0.4 is 0 Å². The van der Waals surface area contributed by atoms with Crippen LogP contribution in [0.1, 0.15) is 39.0 Å². The number of rotatable bonds is 1. The van der Waals surface area contributed by atoms with E-state index in [0.717, 1.165) is 25.7 Å². The highest BCUT2D eigenvalue weighted by Crippen LogP contribution is 2.56. The Labute approximate surface area is 117 Å². The van der Waals surface area contributed by atoms with Crippen molar-refractivity contribution in [1.29, 1.82) is 0 Å². The molecule has 2 nitrogen and oxygen atoms in total. The second-order valence-corrected chi connectivity index (χ2v) is 6.78. The van der Waals surface area contributed by atoms with E-state index >= 15 is 0 Å². The van der Waals surface area contributed by atoms with E-state index in [-0.39, 0.29) is 22.9 Å². The van der Waals surface area contributed by atoms with Gasteiger partial charge in [-0.1, -0.05) is 29.3 Å². The summed E-state index contributed by atoms with van der Waals surface area (Å²) >= 11 is 12.1. The van der Waals surface area contributed by atoms with Crippen molar-refractivity contribution in [2.45, 2.75) is 44.6 Å². The second-order valence-electron chi connectivity index (χ2n) is 5.92. The largest absolute Gasteiger partial charge is 0.459 e. The van der Waals surface area contributed by atoms with Gasteiger partial charge in [0.1, 0.15) is 5.60 Å². The lowest BCUT2D eigenvalue weighted by atomic mass is 9.59. The van der Waals surface area contributed by atoms with Crippen molar-refractivity contribution < 1.29 is 9.53 Å². The van der Waals surface area contributed by atoms with Gasteiger partial charge in [-0.2, -0.15) is 0 Å². The third kappa shape index (κ3) is 1.73. The summed E-state index contributed by atoms with van der Waals surface area (Å²) < 4.78 is 5.63. The molecular formula is C14H16Cl2O2. The van der Waals surface area contributed by atoms with Crippen LogP contribution in [0.3, 0.4) is 0 Å². The summed E-state index contributed by atoms with van der Waals surface area (Å²) in [5.74, 6) is 0.0875. The van der Waals surface area contributed by atoms with Crippen LogP contribution >= 0.6 is 23.2 Å². The Morgan fingerprint density at radius 2 is 1.94 bits per heavy atom. The quantitative estimate of drug-likeness (QED) is 0.678. The van der Waals surface area contributed by atoms with Crippen molar-refractivity contribution in [3.63, 3.8) is 0 Å². The Kier molecular flexibility index (Phi) is 2.80.